The Morgan fingerprint density at radius 3 is 0.846 bits per heavy atom. The summed E-state index contributed by atoms with van der Waals surface area (Å²) in [7, 11) is 5.34. The molecule has 1 aliphatic rings. The summed E-state index contributed by atoms with van der Waals surface area (Å²) in [6.07, 6.45) is 2.53. The number of methoxy groups -OCH3 is 1. The number of carbonyl (C=O) groups excluding carboxylic acids is 5. The van der Waals surface area contributed by atoms with Gasteiger partial charge in [-0.2, -0.15) is 0 Å². The van der Waals surface area contributed by atoms with E-state index in [1.807, 2.05) is 87.4 Å². The number of thiophene rings is 5. The second kappa shape index (κ2) is 46.9. The highest BCUT2D eigenvalue weighted by molar-refractivity contribution is 7.17. The number of hydrogen-bond donors (Lipinski definition) is 10. The smallest absolute Gasteiger partial charge is 0.339 e. The molecule has 37 heteroatoms. The second-order valence-corrected chi connectivity index (χ2v) is 37.7. The minimum absolute atomic E-state index is 0. The number of carbonyl (C=O) groups is 10. The number of ether oxygens (including phenoxy) is 1. The predicted molar refractivity (Wildman–Crippen MR) is 555 cm³/mol. The van der Waals surface area contributed by atoms with Crippen LogP contribution in [0.15, 0.2) is 245 Å². The van der Waals surface area contributed by atoms with Gasteiger partial charge in [0.15, 0.2) is 0 Å². The van der Waals surface area contributed by atoms with Gasteiger partial charge >= 0.3 is 29.8 Å². The van der Waals surface area contributed by atoms with Crippen LogP contribution in [0.4, 0.5) is 30.7 Å². The third-order valence-electron chi connectivity index (χ3n) is 19.9. The number of anilines is 6. The Labute approximate surface area is 848 Å². The van der Waals surface area contributed by atoms with Crippen molar-refractivity contribution in [3.05, 3.63) is 368 Å². The van der Waals surface area contributed by atoms with E-state index in [0.29, 0.717) is 146 Å². The molecule has 136 heavy (non-hydrogen) atoms. The van der Waals surface area contributed by atoms with Gasteiger partial charge in [0.1, 0.15) is 58.6 Å². The average Bonchev–Trinajstić information content (AvgIpc) is 1.68. The molecule has 5 aromatic heterocycles. The van der Waals surface area contributed by atoms with Crippen molar-refractivity contribution in [3.8, 4) is 61.4 Å². The third-order valence-corrected chi connectivity index (χ3v) is 27.1. The fourth-order valence-electron chi connectivity index (χ4n) is 13.4. The summed E-state index contributed by atoms with van der Waals surface area (Å²) in [6.45, 7) is 3.76. The normalized spacial score (nSPS) is 10.9. The zero-order chi connectivity index (χ0) is 97.5. The van der Waals surface area contributed by atoms with Gasteiger partial charge in [0, 0.05) is 180 Å². The molecule has 10 N–H and O–H groups in total. The highest BCUT2D eigenvalue weighted by atomic mass is 35.5. The number of aromatic carboxylic acids is 5. The number of nitrogens with zero attached hydrogens (tertiary/aromatic N) is 1. The van der Waals surface area contributed by atoms with E-state index in [-0.39, 0.29) is 83.9 Å². The van der Waals surface area contributed by atoms with E-state index in [1.54, 1.807) is 185 Å². The van der Waals surface area contributed by atoms with Crippen LogP contribution in [0.1, 0.15) is 123 Å². The summed E-state index contributed by atoms with van der Waals surface area (Å²) < 4.78 is 5.06. The predicted octanol–water partition coefficient (Wildman–Crippen LogP) is 30.0. The fourth-order valence-corrected chi connectivity index (χ4v) is 20.7. The summed E-state index contributed by atoms with van der Waals surface area (Å²) >= 11 is 66.3. The number of amides is 5. The Kier molecular flexibility index (Phi) is 35.9. The lowest BCUT2D eigenvalue weighted by Crippen LogP contribution is -2.14. The molecule has 0 fully saturated rings. The molecule has 1 aliphatic carbocycles. The molecule has 0 atom stereocenters. The van der Waals surface area contributed by atoms with Crippen molar-refractivity contribution in [2.45, 2.75) is 27.7 Å². The maximum atomic E-state index is 12.8. The largest absolute Gasteiger partial charge is 0.497 e. The van der Waals surface area contributed by atoms with Gasteiger partial charge < -0.3 is 61.8 Å². The molecule has 0 spiro atoms. The Morgan fingerprint density at radius 2 is 0.581 bits per heavy atom. The van der Waals surface area contributed by atoms with Gasteiger partial charge in [-0.15, -0.1) is 56.7 Å². The van der Waals surface area contributed by atoms with Crippen LogP contribution < -0.4 is 36.2 Å². The lowest BCUT2D eigenvalue weighted by atomic mass is 10.0. The molecule has 0 bridgehead atoms. The molecule has 10 aromatic carbocycles. The van der Waals surface area contributed by atoms with Gasteiger partial charge in [-0.1, -0.05) is 220 Å². The zero-order valence-electron chi connectivity index (χ0n) is 70.4. The minimum atomic E-state index is -1.16. The molecule has 0 radical (unpaired) electrons. The topological polar surface area (TPSA) is 344 Å². The maximum Gasteiger partial charge on any atom is 0.339 e. The van der Waals surface area contributed by atoms with Crippen LogP contribution in [-0.2, 0) is 11.2 Å². The first-order chi connectivity index (χ1) is 64.4. The van der Waals surface area contributed by atoms with Gasteiger partial charge in [-0.3, -0.25) is 24.0 Å². The molecule has 5 amide bonds. The van der Waals surface area contributed by atoms with E-state index in [9.17, 15) is 73.5 Å². The van der Waals surface area contributed by atoms with Gasteiger partial charge in [-0.25, -0.2) is 24.0 Å². The number of allylic oxidation sites excluding steroid dienone is 1. The number of halogens is 10. The maximum absolute atomic E-state index is 12.8. The molecule has 694 valence electrons. The molecule has 0 saturated heterocycles. The summed E-state index contributed by atoms with van der Waals surface area (Å²) in [6, 6.07) is 59.5. The number of carboxylic acids is 5. The Bertz CT molecular complexity index is 7030. The fraction of sp³-hybridized carbons (Fsp3) is 0.0707. The highest BCUT2D eigenvalue weighted by Gasteiger charge is 2.31. The second-order valence-electron chi connectivity index (χ2n) is 29.1. The number of fused-ring (bicyclic) bond motifs is 1. The van der Waals surface area contributed by atoms with Gasteiger partial charge in [0.2, 0.25) is 0 Å². The molecule has 0 unspecified atom stereocenters. The van der Waals surface area contributed by atoms with Gasteiger partial charge in [0.25, 0.3) is 29.5 Å². The number of rotatable bonds is 22. The SMILES string of the molecule is C.CN(C)c1ccc(C(=O)Nc2scc(-c3ccc(Cl)cc3Cl)c2C(=O)O)cc1.COc1ccc(C(=O)Nc2scc(-c3ccc(Cl)cc3Cl)c2C(=O)O)cc1.Cc1cccc(C(=O)Nc2scc(-c3ccc(Cl)cc3Cl)c2C(=O)O)c1.Cc1cccc(C(=O)Nc2scc(-c3ccc(Cl)cc3Cl)c2C(=O)O)c1.O=C(Nc1scc(-c2ccc(Cl)cc2Cl)c1C(=O)O)C1=CCc2ccccc21. The van der Waals surface area contributed by atoms with Crippen molar-refractivity contribution in [1.82, 2.24) is 0 Å². The van der Waals surface area contributed by atoms with Crippen LogP contribution in [0, 0.1) is 13.8 Å². The van der Waals surface area contributed by atoms with Crippen molar-refractivity contribution in [3.63, 3.8) is 0 Å². The first-order valence-corrected chi connectivity index (χ1v) is 47.5. The van der Waals surface area contributed by atoms with E-state index < -0.39 is 35.8 Å². The first-order valence-electron chi connectivity index (χ1n) is 39.3. The third kappa shape index (κ3) is 25.5. The van der Waals surface area contributed by atoms with E-state index in [1.165, 1.54) is 13.2 Å². The summed E-state index contributed by atoms with van der Waals surface area (Å²) in [5, 5.41) is 75.4. The van der Waals surface area contributed by atoms with Crippen molar-refractivity contribution in [2.75, 3.05) is 52.7 Å². The highest BCUT2D eigenvalue weighted by Crippen LogP contribution is 2.47. The molecule has 0 saturated carbocycles. The van der Waals surface area contributed by atoms with Crippen molar-refractivity contribution in [2.24, 2.45) is 0 Å². The van der Waals surface area contributed by atoms with Crippen LogP contribution in [0.25, 0.3) is 61.2 Å². The number of carboxylic acid groups (broad SMARTS) is 5. The Morgan fingerprint density at radius 1 is 0.309 bits per heavy atom. The first kappa shape index (κ1) is 104. The lowest BCUT2D eigenvalue weighted by Gasteiger charge is -2.12. The zero-order valence-corrected chi connectivity index (χ0v) is 82.0. The molecule has 16 rings (SSSR count). The average molecular weight is 2120 g/mol. The molecule has 5 heterocycles. The number of aryl methyl sites for hydroxylation is 2. The summed E-state index contributed by atoms with van der Waals surface area (Å²) in [5.41, 5.74) is 11.9. The summed E-state index contributed by atoms with van der Waals surface area (Å²) in [4.78, 5) is 124. The summed E-state index contributed by atoms with van der Waals surface area (Å²) in [5.74, 6) is -7.01. The van der Waals surface area contributed by atoms with E-state index >= 15 is 0 Å². The molecule has 15 aromatic rings. The van der Waals surface area contributed by atoms with Crippen LogP contribution in [0.2, 0.25) is 50.2 Å². The molecule has 0 aliphatic heterocycles. The van der Waals surface area contributed by atoms with Gasteiger partial charge in [-0.05, 0) is 165 Å². The van der Waals surface area contributed by atoms with E-state index in [2.05, 4.69) is 26.6 Å². The number of benzene rings is 10. The van der Waals surface area contributed by atoms with Crippen molar-refractivity contribution in [1.29, 1.82) is 0 Å². The number of hydrogen-bond acceptors (Lipinski definition) is 17. The van der Waals surface area contributed by atoms with E-state index in [4.69, 9.17) is 121 Å². The number of nitrogens with one attached hydrogen (secondary N) is 5. The molecular formula is C99H72Cl10N6O16S5. The Balaban J connectivity index is 0.000000163. The standard InChI is InChI=1S/C21H13Cl2NO3S.C20H16Cl2N2O3S.C19H13Cl2NO4S.2C19H13Cl2NO3S.CH4/c22-12-6-8-14(17(23)9-12)16-10-28-20(18(16)21(26)27)24-19(25)15-7-5-11-3-1-2-4-13(11)15;1-24(2)13-6-3-11(4-7-13)18(25)23-19-17(20(26)27)15(10-28-19)14-8-5-12(21)9-16(14)22;1-26-12-5-2-10(3-6-12)17(23)22-18-16(19(24)25)14(9-27-18)13-7-4-11(20)8-15(13)21;2*1-10-3-2-4-11(7-10)17(23)22-18-16(19(24)25)14(9-26-18)13-6-5-12(20)8-15(13)21;/h1-4,6-10H,5H2,(H,24,25)(H,26,27);3-10H,1-2H3,(H,23,25)(H,26,27);2-9H,1H3,(H,22,23)(H,24,25);2*2-9H,1H3,(H,22,23)(H,24,25);1H4. The van der Waals surface area contributed by atoms with Crippen molar-refractivity contribution >= 4 is 268 Å². The van der Waals surface area contributed by atoms with Crippen LogP contribution in [0.3, 0.4) is 0 Å². The lowest BCUT2D eigenvalue weighted by molar-refractivity contribution is -0.111. The Hall–Kier alpha value is -12.4. The monoisotopic (exact) mass is 2110 g/mol. The van der Waals surface area contributed by atoms with Crippen LogP contribution in [0.5, 0.6) is 5.75 Å². The minimum Gasteiger partial charge on any atom is -0.497 e. The quantitative estimate of drug-likeness (QED) is 0.0301. The molecule has 22 nitrogen and oxygen atoms in total. The van der Waals surface area contributed by atoms with Crippen LogP contribution in [-0.4, -0.2) is 106 Å². The van der Waals surface area contributed by atoms with E-state index in [0.717, 1.165) is 84.6 Å². The van der Waals surface area contributed by atoms with Gasteiger partial charge in [0.05, 0.1) is 7.11 Å². The van der Waals surface area contributed by atoms with Crippen LogP contribution >= 0.6 is 173 Å². The van der Waals surface area contributed by atoms with Crippen molar-refractivity contribution < 1.29 is 78.2 Å². The molecular weight excluding hydrogens is 2040 g/mol.